The number of primary amides is 1. The summed E-state index contributed by atoms with van der Waals surface area (Å²) >= 11 is 3.20. The second-order valence-corrected chi connectivity index (χ2v) is 7.50. The van der Waals surface area contributed by atoms with Crippen molar-refractivity contribution in [3.63, 3.8) is 0 Å². The molecule has 1 unspecified atom stereocenters. The van der Waals surface area contributed by atoms with Gasteiger partial charge in [0.25, 0.3) is 0 Å². The zero-order valence-electron chi connectivity index (χ0n) is 13.1. The molecule has 0 bridgehead atoms. The number of amides is 2. The third-order valence-electron chi connectivity index (χ3n) is 2.99. The Bertz CT molecular complexity index is 495. The molecule has 4 nitrogen and oxygen atoms in total. The van der Waals surface area contributed by atoms with Gasteiger partial charge in [-0.15, -0.1) is 23.5 Å². The molecule has 1 aromatic carbocycles. The van der Waals surface area contributed by atoms with Crippen LogP contribution < -0.4 is 11.1 Å². The monoisotopic (exact) mass is 340 g/mol. The quantitative estimate of drug-likeness (QED) is 0.505. The van der Waals surface area contributed by atoms with E-state index in [1.807, 2.05) is 31.2 Å². The molecule has 0 spiro atoms. The summed E-state index contributed by atoms with van der Waals surface area (Å²) < 4.78 is 0. The van der Waals surface area contributed by atoms with E-state index in [1.165, 1.54) is 11.8 Å². The van der Waals surface area contributed by atoms with Crippen molar-refractivity contribution >= 4 is 41.0 Å². The summed E-state index contributed by atoms with van der Waals surface area (Å²) in [6, 6.07) is 7.63. The van der Waals surface area contributed by atoms with E-state index in [2.05, 4.69) is 12.2 Å². The molecule has 0 saturated carbocycles. The zero-order chi connectivity index (χ0) is 16.4. The van der Waals surface area contributed by atoms with Gasteiger partial charge in [-0.1, -0.05) is 25.5 Å². The Hall–Kier alpha value is -1.14. The minimum Gasteiger partial charge on any atom is -0.370 e. The smallest absolute Gasteiger partial charge is 0.237 e. The summed E-state index contributed by atoms with van der Waals surface area (Å²) in [4.78, 5) is 24.0. The Kier molecular flexibility index (Phi) is 9.08. The number of nitrogens with one attached hydrogen (secondary N) is 1. The number of carbonyl (C=O) groups is 2. The molecule has 122 valence electrons. The molecule has 0 aromatic heterocycles. The molecule has 1 rings (SSSR count). The number of nitrogens with two attached hydrogens (primary N) is 1. The van der Waals surface area contributed by atoms with Crippen molar-refractivity contribution in [1.82, 2.24) is 0 Å². The standard InChI is InChI=1S/C16H24N2O2S2/c1-3-4-10-21-12(2)16(20)18-13-7-5-6-8-14(13)22-11-9-15(17)19/h5-8,12H,3-4,9-11H2,1-2H3,(H2,17,19)(H,18,20). The Morgan fingerprint density at radius 3 is 2.68 bits per heavy atom. The highest BCUT2D eigenvalue weighted by atomic mass is 32.2. The van der Waals surface area contributed by atoms with Gasteiger partial charge in [-0.2, -0.15) is 0 Å². The van der Waals surface area contributed by atoms with E-state index < -0.39 is 0 Å². The molecule has 0 fully saturated rings. The van der Waals surface area contributed by atoms with Gasteiger partial charge in [-0.25, -0.2) is 0 Å². The first kappa shape index (κ1) is 18.9. The normalized spacial score (nSPS) is 11.9. The van der Waals surface area contributed by atoms with Crippen molar-refractivity contribution in [2.45, 2.75) is 43.3 Å². The van der Waals surface area contributed by atoms with E-state index in [4.69, 9.17) is 5.73 Å². The van der Waals surface area contributed by atoms with Crippen LogP contribution in [0, 0.1) is 0 Å². The van der Waals surface area contributed by atoms with Crippen molar-refractivity contribution in [1.29, 1.82) is 0 Å². The lowest BCUT2D eigenvalue weighted by atomic mass is 10.3. The van der Waals surface area contributed by atoms with Crippen LogP contribution in [0.4, 0.5) is 5.69 Å². The molecule has 0 radical (unpaired) electrons. The van der Waals surface area contributed by atoms with Crippen molar-refractivity contribution < 1.29 is 9.59 Å². The summed E-state index contributed by atoms with van der Waals surface area (Å²) in [5.41, 5.74) is 5.94. The first-order valence-electron chi connectivity index (χ1n) is 7.47. The molecule has 3 N–H and O–H groups in total. The number of thioether (sulfide) groups is 2. The van der Waals surface area contributed by atoms with E-state index in [-0.39, 0.29) is 17.1 Å². The van der Waals surface area contributed by atoms with Gasteiger partial charge in [0.15, 0.2) is 0 Å². The highest BCUT2D eigenvalue weighted by molar-refractivity contribution is 8.00. The molecule has 0 aliphatic rings. The van der Waals surface area contributed by atoms with E-state index in [1.54, 1.807) is 11.8 Å². The highest BCUT2D eigenvalue weighted by Crippen LogP contribution is 2.28. The van der Waals surface area contributed by atoms with Crippen LogP contribution in [-0.2, 0) is 9.59 Å². The number of rotatable bonds is 10. The first-order chi connectivity index (χ1) is 10.5. The number of unbranched alkanes of at least 4 members (excludes halogenated alkanes) is 1. The van der Waals surface area contributed by atoms with Gasteiger partial charge >= 0.3 is 0 Å². The fourth-order valence-corrected chi connectivity index (χ4v) is 3.66. The SMILES string of the molecule is CCCCSC(C)C(=O)Nc1ccccc1SCCC(N)=O. The van der Waals surface area contributed by atoms with Crippen LogP contribution in [0.25, 0.3) is 0 Å². The Morgan fingerprint density at radius 2 is 2.00 bits per heavy atom. The second-order valence-electron chi connectivity index (χ2n) is 4.92. The van der Waals surface area contributed by atoms with Gasteiger partial charge in [-0.3, -0.25) is 9.59 Å². The van der Waals surface area contributed by atoms with Crippen LogP contribution >= 0.6 is 23.5 Å². The third kappa shape index (κ3) is 7.22. The lowest BCUT2D eigenvalue weighted by molar-refractivity contribution is -0.117. The lowest BCUT2D eigenvalue weighted by Gasteiger charge is -2.14. The summed E-state index contributed by atoms with van der Waals surface area (Å²) in [5, 5.41) is 2.90. The maximum absolute atomic E-state index is 12.2. The highest BCUT2D eigenvalue weighted by Gasteiger charge is 2.14. The fraction of sp³-hybridized carbons (Fsp3) is 0.500. The molecule has 1 aromatic rings. The maximum atomic E-state index is 12.2. The molecule has 1 atom stereocenters. The predicted molar refractivity (Wildman–Crippen MR) is 96.4 cm³/mol. The molecule has 0 aliphatic heterocycles. The Labute approximate surface area is 141 Å². The second kappa shape index (κ2) is 10.6. The summed E-state index contributed by atoms with van der Waals surface area (Å²) in [6.07, 6.45) is 2.60. The Morgan fingerprint density at radius 1 is 1.27 bits per heavy atom. The Balaban J connectivity index is 2.56. The van der Waals surface area contributed by atoms with Gasteiger partial charge in [0.2, 0.25) is 11.8 Å². The molecular formula is C16H24N2O2S2. The lowest BCUT2D eigenvalue weighted by Crippen LogP contribution is -2.23. The summed E-state index contributed by atoms with van der Waals surface area (Å²) in [6.45, 7) is 4.07. The van der Waals surface area contributed by atoms with Gasteiger partial charge in [0.1, 0.15) is 0 Å². The number of carbonyl (C=O) groups excluding carboxylic acids is 2. The topological polar surface area (TPSA) is 72.2 Å². The molecule has 22 heavy (non-hydrogen) atoms. The largest absolute Gasteiger partial charge is 0.370 e. The molecule has 2 amide bonds. The predicted octanol–water partition coefficient (Wildman–Crippen LogP) is 3.51. The first-order valence-corrected chi connectivity index (χ1v) is 9.50. The van der Waals surface area contributed by atoms with Crippen molar-refractivity contribution in [3.8, 4) is 0 Å². The van der Waals surface area contributed by atoms with E-state index in [0.29, 0.717) is 12.2 Å². The summed E-state index contributed by atoms with van der Waals surface area (Å²) in [7, 11) is 0. The molecule has 6 heteroatoms. The van der Waals surface area contributed by atoms with Crippen LogP contribution in [0.2, 0.25) is 0 Å². The van der Waals surface area contributed by atoms with Gasteiger partial charge in [-0.05, 0) is 31.2 Å². The fourth-order valence-electron chi connectivity index (χ4n) is 1.67. The van der Waals surface area contributed by atoms with E-state index in [0.717, 1.165) is 29.2 Å². The van der Waals surface area contributed by atoms with Crippen LogP contribution in [0.1, 0.15) is 33.1 Å². The van der Waals surface area contributed by atoms with Crippen LogP contribution in [0.15, 0.2) is 29.2 Å². The number of benzene rings is 1. The van der Waals surface area contributed by atoms with Crippen LogP contribution in [-0.4, -0.2) is 28.6 Å². The van der Waals surface area contributed by atoms with Gasteiger partial charge < -0.3 is 11.1 Å². The number of hydrogen-bond acceptors (Lipinski definition) is 4. The third-order valence-corrected chi connectivity index (χ3v) is 5.30. The van der Waals surface area contributed by atoms with E-state index in [9.17, 15) is 9.59 Å². The molecule has 0 saturated heterocycles. The maximum Gasteiger partial charge on any atom is 0.237 e. The minimum atomic E-state index is -0.310. The van der Waals surface area contributed by atoms with Gasteiger partial charge in [0, 0.05) is 17.1 Å². The number of anilines is 1. The van der Waals surface area contributed by atoms with Crippen LogP contribution in [0.5, 0.6) is 0 Å². The molecule has 0 aliphatic carbocycles. The summed E-state index contributed by atoms with van der Waals surface area (Å²) in [5.74, 6) is 1.32. The average molecular weight is 341 g/mol. The van der Waals surface area contributed by atoms with Crippen molar-refractivity contribution in [2.24, 2.45) is 5.73 Å². The molecular weight excluding hydrogens is 316 g/mol. The zero-order valence-corrected chi connectivity index (χ0v) is 14.8. The number of para-hydroxylation sites is 1. The van der Waals surface area contributed by atoms with Crippen LogP contribution in [0.3, 0.4) is 0 Å². The number of hydrogen-bond donors (Lipinski definition) is 2. The van der Waals surface area contributed by atoms with Crippen molar-refractivity contribution in [3.05, 3.63) is 24.3 Å². The average Bonchev–Trinajstić information content (AvgIpc) is 2.48. The molecule has 0 heterocycles. The van der Waals surface area contributed by atoms with Gasteiger partial charge in [0.05, 0.1) is 10.9 Å². The minimum absolute atomic E-state index is 0.0176. The van der Waals surface area contributed by atoms with Crippen molar-refractivity contribution in [2.75, 3.05) is 16.8 Å². The van der Waals surface area contributed by atoms with E-state index >= 15 is 0 Å².